The molecule has 0 aliphatic carbocycles. The lowest BCUT2D eigenvalue weighted by molar-refractivity contribution is -0.140. The minimum absolute atomic E-state index is 0.0444. The zero-order chi connectivity index (χ0) is 21.4. The van der Waals surface area contributed by atoms with Crippen LogP contribution in [0.25, 0.3) is 5.76 Å². The Morgan fingerprint density at radius 3 is 2.67 bits per heavy atom. The number of ketones is 1. The summed E-state index contributed by atoms with van der Waals surface area (Å²) in [6.45, 7) is 1.80. The number of aryl methyl sites for hydroxylation is 1. The number of furan rings is 2. The second-order valence-electron chi connectivity index (χ2n) is 6.80. The number of methoxy groups -OCH3 is 1. The van der Waals surface area contributed by atoms with E-state index in [1.54, 1.807) is 43.3 Å². The molecule has 7 nitrogen and oxygen atoms in total. The van der Waals surface area contributed by atoms with E-state index in [0.717, 1.165) is 0 Å². The summed E-state index contributed by atoms with van der Waals surface area (Å²) < 4.78 is 16.3. The van der Waals surface area contributed by atoms with Crippen LogP contribution in [0.2, 0.25) is 5.02 Å². The van der Waals surface area contributed by atoms with Crippen LogP contribution >= 0.6 is 11.6 Å². The Hall–Kier alpha value is -3.45. The van der Waals surface area contributed by atoms with E-state index in [1.807, 2.05) is 0 Å². The maximum Gasteiger partial charge on any atom is 0.296 e. The largest absolute Gasteiger partial charge is 0.507 e. The smallest absolute Gasteiger partial charge is 0.296 e. The van der Waals surface area contributed by atoms with Crippen LogP contribution in [0.15, 0.2) is 63.1 Å². The third kappa shape index (κ3) is 3.37. The van der Waals surface area contributed by atoms with Crippen molar-refractivity contribution in [3.63, 3.8) is 0 Å². The van der Waals surface area contributed by atoms with Crippen molar-refractivity contribution in [2.24, 2.45) is 0 Å². The molecule has 2 aromatic heterocycles. The Morgan fingerprint density at radius 1 is 1.23 bits per heavy atom. The maximum absolute atomic E-state index is 12.9. The molecule has 0 radical (unpaired) electrons. The van der Waals surface area contributed by atoms with Crippen molar-refractivity contribution in [2.45, 2.75) is 19.5 Å². The fourth-order valence-corrected chi connectivity index (χ4v) is 3.67. The first-order valence-electron chi connectivity index (χ1n) is 9.11. The van der Waals surface area contributed by atoms with Crippen molar-refractivity contribution in [3.8, 4) is 5.75 Å². The summed E-state index contributed by atoms with van der Waals surface area (Å²) in [5, 5.41) is 11.4. The predicted octanol–water partition coefficient (Wildman–Crippen LogP) is 4.46. The Bertz CT molecular complexity index is 1140. The van der Waals surface area contributed by atoms with Gasteiger partial charge < -0.3 is 23.6 Å². The third-order valence-corrected chi connectivity index (χ3v) is 5.21. The number of aliphatic hydroxyl groups excluding tert-OH is 1. The van der Waals surface area contributed by atoms with Crippen molar-refractivity contribution in [1.29, 1.82) is 0 Å². The molecule has 1 aromatic carbocycles. The van der Waals surface area contributed by atoms with Crippen LogP contribution in [0.5, 0.6) is 5.75 Å². The zero-order valence-electron chi connectivity index (χ0n) is 16.2. The number of aliphatic hydroxyl groups is 1. The van der Waals surface area contributed by atoms with E-state index in [1.165, 1.54) is 24.3 Å². The molecule has 3 heterocycles. The van der Waals surface area contributed by atoms with Gasteiger partial charge in [0.1, 0.15) is 34.8 Å². The molecule has 1 N–H and O–H groups in total. The molecule has 8 heteroatoms. The normalized spacial score (nSPS) is 18.2. The van der Waals surface area contributed by atoms with Gasteiger partial charge in [0.15, 0.2) is 0 Å². The van der Waals surface area contributed by atoms with Gasteiger partial charge in [0.05, 0.1) is 30.5 Å². The first-order chi connectivity index (χ1) is 14.4. The van der Waals surface area contributed by atoms with Crippen LogP contribution < -0.4 is 4.74 Å². The van der Waals surface area contributed by atoms with E-state index in [0.29, 0.717) is 33.6 Å². The average molecular weight is 428 g/mol. The monoisotopic (exact) mass is 427 g/mol. The molecule has 3 aromatic rings. The number of amides is 1. The van der Waals surface area contributed by atoms with Gasteiger partial charge in [0.2, 0.25) is 0 Å². The van der Waals surface area contributed by atoms with E-state index in [9.17, 15) is 14.7 Å². The number of hydrogen-bond acceptors (Lipinski definition) is 6. The number of rotatable bonds is 5. The van der Waals surface area contributed by atoms with Gasteiger partial charge in [-0.3, -0.25) is 9.59 Å². The van der Waals surface area contributed by atoms with Crippen LogP contribution in [0.1, 0.15) is 28.9 Å². The number of carbonyl (C=O) groups excluding carboxylic acids is 2. The highest BCUT2D eigenvalue weighted by atomic mass is 35.5. The van der Waals surface area contributed by atoms with E-state index in [-0.39, 0.29) is 17.9 Å². The molecule has 4 rings (SSSR count). The Kier molecular flexibility index (Phi) is 5.13. The average Bonchev–Trinajstić information content (AvgIpc) is 3.45. The van der Waals surface area contributed by atoms with Crippen LogP contribution in [-0.2, 0) is 16.1 Å². The van der Waals surface area contributed by atoms with Crippen LogP contribution in [-0.4, -0.2) is 28.8 Å². The number of likely N-dealkylation sites (tertiary alicyclic amines) is 1. The van der Waals surface area contributed by atoms with E-state index < -0.39 is 17.7 Å². The van der Waals surface area contributed by atoms with Crippen LogP contribution in [0, 0.1) is 6.92 Å². The fraction of sp³-hybridized carbons (Fsp3) is 0.182. The molecule has 0 saturated carbocycles. The summed E-state index contributed by atoms with van der Waals surface area (Å²) >= 11 is 6.07. The molecule has 1 saturated heterocycles. The van der Waals surface area contributed by atoms with Gasteiger partial charge in [0, 0.05) is 5.56 Å². The van der Waals surface area contributed by atoms with Crippen molar-refractivity contribution in [2.75, 3.05) is 7.11 Å². The van der Waals surface area contributed by atoms with E-state index >= 15 is 0 Å². The first kappa shape index (κ1) is 19.8. The number of halogens is 1. The van der Waals surface area contributed by atoms with Gasteiger partial charge >= 0.3 is 0 Å². The van der Waals surface area contributed by atoms with Gasteiger partial charge in [-0.1, -0.05) is 11.6 Å². The molecule has 0 spiro atoms. The van der Waals surface area contributed by atoms with Crippen molar-refractivity contribution in [1.82, 2.24) is 4.90 Å². The molecule has 1 aliphatic heterocycles. The minimum Gasteiger partial charge on any atom is -0.507 e. The highest BCUT2D eigenvalue weighted by Gasteiger charge is 2.47. The number of ether oxygens (including phenoxy) is 1. The van der Waals surface area contributed by atoms with E-state index in [2.05, 4.69) is 0 Å². The molecule has 1 fully saturated rings. The number of carbonyl (C=O) groups is 2. The topological polar surface area (TPSA) is 93.1 Å². The SMILES string of the molecule is COc1cc(/C(O)=C2/C(=O)C(=O)N(Cc3ccco3)C2c2ccc(C)o2)ccc1Cl. The Morgan fingerprint density at radius 2 is 2.03 bits per heavy atom. The second-order valence-corrected chi connectivity index (χ2v) is 7.21. The number of hydrogen-bond donors (Lipinski definition) is 1. The van der Waals surface area contributed by atoms with E-state index in [4.69, 9.17) is 25.2 Å². The van der Waals surface area contributed by atoms with Crippen molar-refractivity contribution in [3.05, 3.63) is 82.2 Å². The lowest BCUT2D eigenvalue weighted by Gasteiger charge is -2.22. The summed E-state index contributed by atoms with van der Waals surface area (Å²) in [6.07, 6.45) is 1.48. The summed E-state index contributed by atoms with van der Waals surface area (Å²) in [4.78, 5) is 27.1. The summed E-state index contributed by atoms with van der Waals surface area (Å²) in [6, 6.07) is 10.5. The summed E-state index contributed by atoms with van der Waals surface area (Å²) in [5.41, 5.74) is 0.214. The van der Waals surface area contributed by atoms with Gasteiger partial charge in [0.25, 0.3) is 11.7 Å². The van der Waals surface area contributed by atoms with Gasteiger partial charge in [-0.2, -0.15) is 0 Å². The molecule has 1 amide bonds. The van der Waals surface area contributed by atoms with Crippen molar-refractivity contribution >= 4 is 29.1 Å². The molecule has 30 heavy (non-hydrogen) atoms. The zero-order valence-corrected chi connectivity index (χ0v) is 17.0. The highest BCUT2D eigenvalue weighted by Crippen LogP contribution is 2.41. The number of Topliss-reactive ketones (excluding diaryl/α,β-unsaturated/α-hetero) is 1. The molecule has 1 aliphatic rings. The standard InChI is InChI=1S/C22H18ClNO6/c1-12-5-8-16(30-12)19-18(20(25)13-6-7-15(23)17(10-13)28-2)21(26)22(27)24(19)11-14-4-3-9-29-14/h3-10,19,25H,11H2,1-2H3/b20-18-. The Labute approximate surface area is 177 Å². The predicted molar refractivity (Wildman–Crippen MR) is 108 cm³/mol. The van der Waals surface area contributed by atoms with Gasteiger partial charge in [-0.15, -0.1) is 0 Å². The lowest BCUT2D eigenvalue weighted by atomic mass is 9.99. The highest BCUT2D eigenvalue weighted by molar-refractivity contribution is 6.46. The number of nitrogens with zero attached hydrogens (tertiary/aromatic N) is 1. The third-order valence-electron chi connectivity index (χ3n) is 4.90. The quantitative estimate of drug-likeness (QED) is 0.367. The van der Waals surface area contributed by atoms with Gasteiger partial charge in [-0.25, -0.2) is 0 Å². The molecular formula is C22H18ClNO6. The minimum atomic E-state index is -0.912. The first-order valence-corrected chi connectivity index (χ1v) is 9.49. The molecule has 0 bridgehead atoms. The molecular weight excluding hydrogens is 410 g/mol. The summed E-state index contributed by atoms with van der Waals surface area (Å²) in [7, 11) is 1.44. The second kappa shape index (κ2) is 7.76. The molecule has 154 valence electrons. The Balaban J connectivity index is 1.86. The molecule has 1 atom stereocenters. The van der Waals surface area contributed by atoms with Gasteiger partial charge in [-0.05, 0) is 49.4 Å². The van der Waals surface area contributed by atoms with Crippen molar-refractivity contribution < 1.29 is 28.3 Å². The summed E-state index contributed by atoms with van der Waals surface area (Å²) in [5.74, 6) is -0.110. The van der Waals surface area contributed by atoms with Crippen LogP contribution in [0.4, 0.5) is 0 Å². The molecule has 1 unspecified atom stereocenters. The fourth-order valence-electron chi connectivity index (χ4n) is 3.47. The van der Waals surface area contributed by atoms with Crippen LogP contribution in [0.3, 0.4) is 0 Å². The lowest BCUT2D eigenvalue weighted by Crippen LogP contribution is -2.28. The maximum atomic E-state index is 12.9. The number of benzene rings is 1.